The molecule has 0 amide bonds. The van der Waals surface area contributed by atoms with Crippen molar-refractivity contribution in [2.24, 2.45) is 0 Å². The Morgan fingerprint density at radius 1 is 0.852 bits per heavy atom. The number of alkyl halides is 4. The largest absolute Gasteiger partial charge is 0.460 e. The molecule has 1 aliphatic rings. The maximum absolute atomic E-state index is 13.4. The number of carbonyl (C=O) groups excluding carboxylic acids is 1. The number of aromatic nitrogens is 2. The minimum Gasteiger partial charge on any atom is -0.460 e. The SMILES string of the molecule is Cc1c(-c2nc3cc(CNCCO)c(OC(F)F)cc3o2)cccc1-c1cccc(-c2nc3cc(COC(=O)[C@@H]4CCCN4)c(OC(F)F)cc3o2)c1C. The van der Waals surface area contributed by atoms with E-state index in [-0.39, 0.29) is 66.3 Å². The number of nitrogens with one attached hydrogen (secondary N) is 2. The molecule has 1 atom stereocenters. The van der Waals surface area contributed by atoms with Crippen LogP contribution >= 0.6 is 0 Å². The first-order valence-corrected chi connectivity index (χ1v) is 17.3. The van der Waals surface area contributed by atoms with Crippen molar-refractivity contribution in [2.75, 3.05) is 19.7 Å². The Morgan fingerprint density at radius 2 is 1.39 bits per heavy atom. The molecule has 15 heteroatoms. The molecule has 6 aromatic rings. The van der Waals surface area contributed by atoms with Crippen molar-refractivity contribution >= 4 is 28.2 Å². The number of esters is 1. The van der Waals surface area contributed by atoms with E-state index >= 15 is 0 Å². The summed E-state index contributed by atoms with van der Waals surface area (Å²) < 4.78 is 80.3. The van der Waals surface area contributed by atoms with Crippen LogP contribution in [0.15, 0.2) is 69.5 Å². The topological polar surface area (TPSA) is 141 Å². The molecule has 0 radical (unpaired) electrons. The van der Waals surface area contributed by atoms with Gasteiger partial charge in [0.2, 0.25) is 11.8 Å². The average molecular weight is 749 g/mol. The number of hydrogen-bond donors (Lipinski definition) is 3. The van der Waals surface area contributed by atoms with Crippen molar-refractivity contribution in [1.82, 2.24) is 20.6 Å². The first kappa shape index (κ1) is 36.8. The van der Waals surface area contributed by atoms with E-state index in [1.165, 1.54) is 18.2 Å². The molecule has 2 aromatic heterocycles. The molecular weight excluding hydrogens is 712 g/mol. The Balaban J connectivity index is 1.20. The van der Waals surface area contributed by atoms with E-state index in [9.17, 15) is 22.4 Å². The summed E-state index contributed by atoms with van der Waals surface area (Å²) in [5.74, 6) is -0.183. The fraction of sp³-hybridized carbons (Fsp3) is 0.308. The Morgan fingerprint density at radius 3 is 1.91 bits per heavy atom. The molecule has 282 valence electrons. The first-order valence-electron chi connectivity index (χ1n) is 17.3. The van der Waals surface area contributed by atoms with E-state index < -0.39 is 25.2 Å². The molecule has 3 N–H and O–H groups in total. The smallest absolute Gasteiger partial charge is 0.387 e. The molecule has 0 bridgehead atoms. The second-order valence-electron chi connectivity index (χ2n) is 12.8. The van der Waals surface area contributed by atoms with Crippen molar-refractivity contribution in [2.45, 2.75) is 59.1 Å². The van der Waals surface area contributed by atoms with Gasteiger partial charge in [-0.05, 0) is 79.8 Å². The Labute approximate surface area is 306 Å². The van der Waals surface area contributed by atoms with Crippen LogP contribution < -0.4 is 20.1 Å². The van der Waals surface area contributed by atoms with Crippen molar-refractivity contribution < 1.29 is 50.5 Å². The highest BCUT2D eigenvalue weighted by molar-refractivity contribution is 5.85. The molecule has 0 spiro atoms. The zero-order chi connectivity index (χ0) is 37.9. The van der Waals surface area contributed by atoms with E-state index in [2.05, 4.69) is 20.6 Å². The summed E-state index contributed by atoms with van der Waals surface area (Å²) in [7, 11) is 0. The van der Waals surface area contributed by atoms with Gasteiger partial charge in [0.15, 0.2) is 11.2 Å². The van der Waals surface area contributed by atoms with Gasteiger partial charge >= 0.3 is 19.2 Å². The van der Waals surface area contributed by atoms with Crippen LogP contribution in [0.25, 0.3) is 56.2 Å². The van der Waals surface area contributed by atoms with Gasteiger partial charge in [-0.25, -0.2) is 9.97 Å². The summed E-state index contributed by atoms with van der Waals surface area (Å²) in [5, 5.41) is 15.1. The monoisotopic (exact) mass is 748 g/mol. The van der Waals surface area contributed by atoms with Crippen LogP contribution in [-0.4, -0.2) is 60.0 Å². The highest BCUT2D eigenvalue weighted by atomic mass is 19.3. The number of fused-ring (bicyclic) bond motifs is 2. The van der Waals surface area contributed by atoms with E-state index in [1.807, 2.05) is 50.2 Å². The fourth-order valence-corrected chi connectivity index (χ4v) is 6.65. The number of aliphatic hydroxyl groups excluding tert-OH is 1. The predicted molar refractivity (Wildman–Crippen MR) is 190 cm³/mol. The van der Waals surface area contributed by atoms with E-state index in [4.69, 9.17) is 28.2 Å². The third kappa shape index (κ3) is 7.74. The molecule has 54 heavy (non-hydrogen) atoms. The van der Waals surface area contributed by atoms with Gasteiger partial charge in [-0.3, -0.25) is 4.79 Å². The van der Waals surface area contributed by atoms with Gasteiger partial charge < -0.3 is 38.8 Å². The molecule has 7 rings (SSSR count). The second kappa shape index (κ2) is 15.8. The van der Waals surface area contributed by atoms with Gasteiger partial charge in [0, 0.05) is 47.5 Å². The minimum atomic E-state index is -3.11. The lowest BCUT2D eigenvalue weighted by Gasteiger charge is -2.14. The lowest BCUT2D eigenvalue weighted by molar-refractivity contribution is -0.147. The summed E-state index contributed by atoms with van der Waals surface area (Å²) in [5.41, 5.74) is 6.62. The average Bonchev–Trinajstić information content (AvgIpc) is 3.91. The van der Waals surface area contributed by atoms with Gasteiger partial charge in [-0.15, -0.1) is 0 Å². The minimum absolute atomic E-state index is 0.0583. The second-order valence-corrected chi connectivity index (χ2v) is 12.8. The molecule has 1 aliphatic heterocycles. The van der Waals surface area contributed by atoms with Crippen LogP contribution in [0.5, 0.6) is 11.5 Å². The number of benzene rings is 4. The van der Waals surface area contributed by atoms with Crippen LogP contribution in [0.4, 0.5) is 17.6 Å². The molecule has 3 heterocycles. The zero-order valence-electron chi connectivity index (χ0n) is 29.3. The molecule has 4 aromatic carbocycles. The van der Waals surface area contributed by atoms with Crippen LogP contribution in [0, 0.1) is 13.8 Å². The Hall–Kier alpha value is -5.51. The lowest BCUT2D eigenvalue weighted by Crippen LogP contribution is -2.32. The number of rotatable bonds is 14. The molecule has 0 aliphatic carbocycles. The van der Waals surface area contributed by atoms with Crippen LogP contribution in [0.2, 0.25) is 0 Å². The van der Waals surface area contributed by atoms with E-state index in [0.29, 0.717) is 40.7 Å². The number of ether oxygens (including phenoxy) is 3. The van der Waals surface area contributed by atoms with Gasteiger partial charge in [0.1, 0.15) is 35.2 Å². The normalized spacial score (nSPS) is 14.5. The Bertz CT molecular complexity index is 2300. The molecule has 1 fully saturated rings. The van der Waals surface area contributed by atoms with Gasteiger partial charge in [0.05, 0.1) is 6.61 Å². The summed E-state index contributed by atoms with van der Waals surface area (Å²) in [6, 6.07) is 16.7. The molecule has 0 saturated carbocycles. The Kier molecular flexibility index (Phi) is 10.8. The standard InChI is InChI=1S/C39H36F4N4O7/c1-20-24(6-3-8-26(20)35-46-29-14-22(18-44-12-13-48)31(53-38(40)41)16-33(29)51-35)25-7-4-9-27(21(25)2)36-47-30-15-23(19-50-37(49)28-10-5-11-45-28)32(54-39(42)43)17-34(30)52-36/h3-4,6-9,14-17,28,38-39,44-45,48H,5,10-13,18-19H2,1-2H3/t28-/m0/s1. The number of oxazole rings is 2. The molecule has 0 unspecified atom stereocenters. The van der Waals surface area contributed by atoms with Gasteiger partial charge in [-0.2, -0.15) is 17.6 Å². The van der Waals surface area contributed by atoms with Crippen molar-refractivity contribution in [1.29, 1.82) is 0 Å². The number of aliphatic hydroxyl groups is 1. The summed E-state index contributed by atoms with van der Waals surface area (Å²) in [4.78, 5) is 21.8. The van der Waals surface area contributed by atoms with Crippen molar-refractivity contribution in [3.8, 4) is 45.5 Å². The van der Waals surface area contributed by atoms with Crippen molar-refractivity contribution in [3.63, 3.8) is 0 Å². The van der Waals surface area contributed by atoms with Crippen LogP contribution in [0.3, 0.4) is 0 Å². The lowest BCUT2D eigenvalue weighted by atomic mass is 9.91. The molecular formula is C39H36F4N4O7. The maximum Gasteiger partial charge on any atom is 0.387 e. The predicted octanol–water partition coefficient (Wildman–Crippen LogP) is 7.67. The van der Waals surface area contributed by atoms with Crippen LogP contribution in [-0.2, 0) is 22.7 Å². The summed E-state index contributed by atoms with van der Waals surface area (Å²) in [6.07, 6.45) is 1.48. The summed E-state index contributed by atoms with van der Waals surface area (Å²) >= 11 is 0. The number of hydrogen-bond acceptors (Lipinski definition) is 11. The molecule has 1 saturated heterocycles. The highest BCUT2D eigenvalue weighted by Gasteiger charge is 2.25. The number of nitrogens with zero attached hydrogens (tertiary/aromatic N) is 2. The molecule has 11 nitrogen and oxygen atoms in total. The highest BCUT2D eigenvalue weighted by Crippen LogP contribution is 2.39. The van der Waals surface area contributed by atoms with E-state index in [0.717, 1.165) is 28.7 Å². The van der Waals surface area contributed by atoms with Crippen LogP contribution in [0.1, 0.15) is 35.1 Å². The maximum atomic E-state index is 13.4. The fourth-order valence-electron chi connectivity index (χ4n) is 6.65. The zero-order valence-corrected chi connectivity index (χ0v) is 29.3. The number of carbonyl (C=O) groups is 1. The third-order valence-electron chi connectivity index (χ3n) is 9.31. The third-order valence-corrected chi connectivity index (χ3v) is 9.31. The van der Waals surface area contributed by atoms with Gasteiger partial charge in [-0.1, -0.05) is 24.3 Å². The number of halogens is 4. The summed E-state index contributed by atoms with van der Waals surface area (Å²) in [6.45, 7) is -1.58. The van der Waals surface area contributed by atoms with Gasteiger partial charge in [0.25, 0.3) is 0 Å². The first-order chi connectivity index (χ1) is 26.1. The van der Waals surface area contributed by atoms with E-state index in [1.54, 1.807) is 6.07 Å². The quantitative estimate of drug-likeness (QED) is 0.0574. The van der Waals surface area contributed by atoms with Crippen molar-refractivity contribution in [3.05, 3.63) is 82.9 Å².